The Kier molecular flexibility index (Phi) is 8.79. The summed E-state index contributed by atoms with van der Waals surface area (Å²) in [6, 6.07) is 23.0. The number of nitrogens with zero attached hydrogens (tertiary/aromatic N) is 1. The summed E-state index contributed by atoms with van der Waals surface area (Å²) in [6.07, 6.45) is 0. The Morgan fingerprint density at radius 2 is 1.73 bits per heavy atom. The molecule has 0 spiro atoms. The first kappa shape index (κ1) is 24.7. The summed E-state index contributed by atoms with van der Waals surface area (Å²) in [4.78, 5) is 12.8. The van der Waals surface area contributed by atoms with E-state index in [0.29, 0.717) is 18.0 Å². The number of nitrogens with one attached hydrogen (secondary N) is 1. The van der Waals surface area contributed by atoms with Crippen LogP contribution in [0, 0.1) is 6.92 Å². The zero-order chi connectivity index (χ0) is 23.7. The predicted octanol–water partition coefficient (Wildman–Crippen LogP) is 4.25. The zero-order valence-corrected chi connectivity index (χ0v) is 20.4. The third-order valence-electron chi connectivity index (χ3n) is 4.90. The molecule has 3 aromatic rings. The average Bonchev–Trinajstić information content (AvgIpc) is 2.83. The molecule has 0 heterocycles. The van der Waals surface area contributed by atoms with Crippen molar-refractivity contribution >= 4 is 33.4 Å². The fourth-order valence-corrected chi connectivity index (χ4v) is 5.47. The number of sulfonamides is 1. The summed E-state index contributed by atoms with van der Waals surface area (Å²) in [5.74, 6) is 1.83. The number of amides is 1. The van der Waals surface area contributed by atoms with Gasteiger partial charge < -0.3 is 10.1 Å². The number of benzene rings is 3. The Morgan fingerprint density at radius 3 is 2.39 bits per heavy atom. The molecule has 0 aromatic heterocycles. The van der Waals surface area contributed by atoms with E-state index in [2.05, 4.69) is 30.4 Å². The van der Waals surface area contributed by atoms with E-state index in [4.69, 9.17) is 4.74 Å². The number of aryl methyl sites for hydroxylation is 1. The first-order chi connectivity index (χ1) is 15.9. The van der Waals surface area contributed by atoms with Crippen LogP contribution in [0.15, 0.2) is 83.8 Å². The van der Waals surface area contributed by atoms with Gasteiger partial charge in [0.2, 0.25) is 5.91 Å². The summed E-state index contributed by atoms with van der Waals surface area (Å²) >= 11 is 1.72. The highest BCUT2D eigenvalue weighted by molar-refractivity contribution is 7.98. The third-order valence-corrected chi connectivity index (χ3v) is 7.72. The molecule has 174 valence electrons. The number of methoxy groups -OCH3 is 1. The van der Waals surface area contributed by atoms with Gasteiger partial charge in [-0.15, -0.1) is 0 Å². The van der Waals surface area contributed by atoms with E-state index in [1.54, 1.807) is 54.2 Å². The molecule has 8 heteroatoms. The Balaban J connectivity index is 1.63. The van der Waals surface area contributed by atoms with Crippen molar-refractivity contribution in [3.8, 4) is 5.75 Å². The molecule has 0 radical (unpaired) electrons. The van der Waals surface area contributed by atoms with Gasteiger partial charge in [-0.1, -0.05) is 48.0 Å². The van der Waals surface area contributed by atoms with Crippen molar-refractivity contribution in [1.82, 2.24) is 5.32 Å². The summed E-state index contributed by atoms with van der Waals surface area (Å²) in [6.45, 7) is 2.20. The Bertz CT molecular complexity index is 1150. The standard InChI is InChI=1S/C25H28N2O4S2/c1-20-7-6-8-21(17-20)19-32-16-15-26-25(28)18-27(22-11-13-23(31-2)14-12-22)33(29,30)24-9-4-3-5-10-24/h3-14,17H,15-16,18-19H2,1-2H3,(H,26,28). The van der Waals surface area contributed by atoms with Crippen molar-refractivity contribution in [1.29, 1.82) is 0 Å². The van der Waals surface area contributed by atoms with Gasteiger partial charge in [0.15, 0.2) is 0 Å². The smallest absolute Gasteiger partial charge is 0.264 e. The molecular formula is C25H28N2O4S2. The van der Waals surface area contributed by atoms with Crippen LogP contribution in [0.4, 0.5) is 5.69 Å². The molecule has 3 rings (SSSR count). The van der Waals surface area contributed by atoms with E-state index < -0.39 is 10.0 Å². The van der Waals surface area contributed by atoms with E-state index in [9.17, 15) is 13.2 Å². The third kappa shape index (κ3) is 7.00. The fraction of sp³-hybridized carbons (Fsp3) is 0.240. The second-order valence-electron chi connectivity index (χ2n) is 7.41. The van der Waals surface area contributed by atoms with E-state index >= 15 is 0 Å². The van der Waals surface area contributed by atoms with Crippen molar-refractivity contribution < 1.29 is 17.9 Å². The SMILES string of the molecule is COc1ccc(N(CC(=O)NCCSCc2cccc(C)c2)S(=O)(=O)c2ccccc2)cc1. The van der Waals surface area contributed by atoms with Crippen LogP contribution in [-0.4, -0.2) is 40.3 Å². The van der Waals surface area contributed by atoms with Crippen LogP contribution < -0.4 is 14.4 Å². The van der Waals surface area contributed by atoms with E-state index in [-0.39, 0.29) is 17.3 Å². The molecule has 0 atom stereocenters. The van der Waals surface area contributed by atoms with Gasteiger partial charge >= 0.3 is 0 Å². The van der Waals surface area contributed by atoms with E-state index in [0.717, 1.165) is 15.8 Å². The summed E-state index contributed by atoms with van der Waals surface area (Å²) in [7, 11) is -2.38. The number of thioether (sulfide) groups is 1. The lowest BCUT2D eigenvalue weighted by Crippen LogP contribution is -2.41. The fourth-order valence-electron chi connectivity index (χ4n) is 3.22. The number of rotatable bonds is 11. The van der Waals surface area contributed by atoms with Gasteiger partial charge in [0.1, 0.15) is 12.3 Å². The van der Waals surface area contributed by atoms with Crippen molar-refractivity contribution in [2.24, 2.45) is 0 Å². The van der Waals surface area contributed by atoms with Gasteiger partial charge in [0, 0.05) is 18.1 Å². The molecule has 0 aliphatic rings. The minimum absolute atomic E-state index is 0.127. The van der Waals surface area contributed by atoms with Crippen LogP contribution in [0.1, 0.15) is 11.1 Å². The summed E-state index contributed by atoms with van der Waals surface area (Å²) < 4.78 is 32.9. The zero-order valence-electron chi connectivity index (χ0n) is 18.7. The molecule has 0 bridgehead atoms. The number of ether oxygens (including phenoxy) is 1. The molecular weight excluding hydrogens is 456 g/mol. The number of hydrogen-bond donors (Lipinski definition) is 1. The monoisotopic (exact) mass is 484 g/mol. The summed E-state index contributed by atoms with van der Waals surface area (Å²) in [5.41, 5.74) is 2.86. The molecule has 0 saturated heterocycles. The predicted molar refractivity (Wildman–Crippen MR) is 134 cm³/mol. The highest BCUT2D eigenvalue weighted by Gasteiger charge is 2.27. The lowest BCUT2D eigenvalue weighted by molar-refractivity contribution is -0.119. The topological polar surface area (TPSA) is 75.7 Å². The van der Waals surface area contributed by atoms with Crippen LogP contribution in [0.3, 0.4) is 0 Å². The maximum atomic E-state index is 13.3. The van der Waals surface area contributed by atoms with Gasteiger partial charge in [-0.3, -0.25) is 9.10 Å². The number of hydrogen-bond acceptors (Lipinski definition) is 5. The number of carbonyl (C=O) groups excluding carboxylic acids is 1. The highest BCUT2D eigenvalue weighted by Crippen LogP contribution is 2.25. The van der Waals surface area contributed by atoms with Crippen LogP contribution >= 0.6 is 11.8 Å². The quantitative estimate of drug-likeness (QED) is 0.412. The molecule has 0 fully saturated rings. The minimum atomic E-state index is -3.92. The van der Waals surface area contributed by atoms with Gasteiger partial charge in [-0.2, -0.15) is 11.8 Å². The molecule has 1 amide bonds. The molecule has 0 aliphatic heterocycles. The Hall–Kier alpha value is -2.97. The number of carbonyl (C=O) groups is 1. The van der Waals surface area contributed by atoms with Gasteiger partial charge in [-0.25, -0.2) is 8.42 Å². The second-order valence-corrected chi connectivity index (χ2v) is 10.4. The van der Waals surface area contributed by atoms with Crippen LogP contribution in [-0.2, 0) is 20.6 Å². The van der Waals surface area contributed by atoms with Crippen molar-refractivity contribution in [2.75, 3.05) is 30.3 Å². The minimum Gasteiger partial charge on any atom is -0.497 e. The van der Waals surface area contributed by atoms with Crippen LogP contribution in [0.25, 0.3) is 0 Å². The van der Waals surface area contributed by atoms with Gasteiger partial charge in [0.25, 0.3) is 10.0 Å². The maximum Gasteiger partial charge on any atom is 0.264 e. The van der Waals surface area contributed by atoms with Crippen LogP contribution in [0.2, 0.25) is 0 Å². The van der Waals surface area contributed by atoms with Crippen LogP contribution in [0.5, 0.6) is 5.75 Å². The molecule has 3 aromatic carbocycles. The van der Waals surface area contributed by atoms with Gasteiger partial charge in [0.05, 0.1) is 17.7 Å². The second kappa shape index (κ2) is 11.8. The molecule has 1 N–H and O–H groups in total. The molecule has 0 saturated carbocycles. The maximum absolute atomic E-state index is 13.3. The largest absolute Gasteiger partial charge is 0.497 e. The normalized spacial score (nSPS) is 11.1. The molecule has 0 aliphatic carbocycles. The highest BCUT2D eigenvalue weighted by atomic mass is 32.2. The van der Waals surface area contributed by atoms with Crippen molar-refractivity contribution in [3.63, 3.8) is 0 Å². The first-order valence-corrected chi connectivity index (χ1v) is 13.1. The first-order valence-electron chi connectivity index (χ1n) is 10.5. The van der Waals surface area contributed by atoms with E-state index in [1.807, 2.05) is 6.07 Å². The molecule has 0 unspecified atom stereocenters. The van der Waals surface area contributed by atoms with Crippen molar-refractivity contribution in [2.45, 2.75) is 17.6 Å². The molecule has 6 nitrogen and oxygen atoms in total. The average molecular weight is 485 g/mol. The van der Waals surface area contributed by atoms with Gasteiger partial charge in [-0.05, 0) is 48.9 Å². The number of anilines is 1. The van der Waals surface area contributed by atoms with E-state index in [1.165, 1.54) is 30.4 Å². The van der Waals surface area contributed by atoms with Crippen molar-refractivity contribution in [3.05, 3.63) is 90.0 Å². The molecule has 33 heavy (non-hydrogen) atoms. The lowest BCUT2D eigenvalue weighted by atomic mass is 10.2. The lowest BCUT2D eigenvalue weighted by Gasteiger charge is -2.24. The Labute approximate surface area is 200 Å². The summed E-state index contributed by atoms with van der Waals surface area (Å²) in [5, 5.41) is 2.84. The Morgan fingerprint density at radius 1 is 1.00 bits per heavy atom.